The molecule has 0 spiro atoms. The van der Waals surface area contributed by atoms with Crippen molar-refractivity contribution in [3.05, 3.63) is 0 Å². The average molecular weight is 239 g/mol. The van der Waals surface area contributed by atoms with Gasteiger partial charge in [0.2, 0.25) is 5.54 Å². The zero-order chi connectivity index (χ0) is 12.7. The summed E-state index contributed by atoms with van der Waals surface area (Å²) in [6.45, 7) is 4.97. The molecule has 0 radical (unpaired) electrons. The zero-order valence-electron chi connectivity index (χ0n) is 9.51. The van der Waals surface area contributed by atoms with Crippen molar-refractivity contribution in [2.75, 3.05) is 13.1 Å². The number of carbonyl (C=O) groups is 1. The average Bonchev–Trinajstić information content (AvgIpc) is 1.97. The van der Waals surface area contributed by atoms with E-state index in [9.17, 15) is 18.0 Å². The van der Waals surface area contributed by atoms with Crippen LogP contribution in [-0.2, 0) is 4.79 Å². The SMILES string of the molecule is CC(C)C1CN(C(C)(C(=O)O)C(F)(F)F)C1. The van der Waals surface area contributed by atoms with Crippen molar-refractivity contribution in [3.8, 4) is 0 Å². The highest BCUT2D eigenvalue weighted by Crippen LogP contribution is 2.40. The number of nitrogens with zero attached hydrogens (tertiary/aromatic N) is 1. The standard InChI is InChI=1S/C10H16F3NO2/c1-6(2)7-4-14(5-7)9(3,8(15)16)10(11,12)13/h6-7H,4-5H2,1-3H3,(H,15,16). The smallest absolute Gasteiger partial charge is 0.417 e. The Morgan fingerprint density at radius 2 is 1.81 bits per heavy atom. The normalized spacial score (nSPS) is 22.9. The van der Waals surface area contributed by atoms with Gasteiger partial charge in [0.1, 0.15) is 0 Å². The first-order valence-electron chi connectivity index (χ1n) is 5.16. The van der Waals surface area contributed by atoms with Gasteiger partial charge < -0.3 is 5.11 Å². The molecule has 0 aliphatic carbocycles. The first-order valence-corrected chi connectivity index (χ1v) is 5.16. The van der Waals surface area contributed by atoms with Crippen LogP contribution in [0.5, 0.6) is 0 Å². The van der Waals surface area contributed by atoms with E-state index < -0.39 is 17.7 Å². The number of likely N-dealkylation sites (tertiary alicyclic amines) is 1. The van der Waals surface area contributed by atoms with Gasteiger partial charge in [0.15, 0.2) is 0 Å². The van der Waals surface area contributed by atoms with Crippen LogP contribution in [-0.4, -0.2) is 40.8 Å². The van der Waals surface area contributed by atoms with Crippen LogP contribution in [0.2, 0.25) is 0 Å². The van der Waals surface area contributed by atoms with Gasteiger partial charge >= 0.3 is 12.1 Å². The largest absolute Gasteiger partial charge is 0.480 e. The zero-order valence-corrected chi connectivity index (χ0v) is 9.51. The lowest BCUT2D eigenvalue weighted by Gasteiger charge is -2.50. The Morgan fingerprint density at radius 3 is 2.06 bits per heavy atom. The Balaban J connectivity index is 2.80. The van der Waals surface area contributed by atoms with Gasteiger partial charge in [-0.2, -0.15) is 13.2 Å². The van der Waals surface area contributed by atoms with Crippen molar-refractivity contribution in [1.29, 1.82) is 0 Å². The summed E-state index contributed by atoms with van der Waals surface area (Å²) < 4.78 is 38.2. The van der Waals surface area contributed by atoms with Gasteiger partial charge in [0, 0.05) is 13.1 Å². The molecule has 0 amide bonds. The molecule has 1 atom stereocenters. The van der Waals surface area contributed by atoms with E-state index in [1.807, 2.05) is 13.8 Å². The minimum atomic E-state index is -4.75. The number of halogens is 3. The highest BCUT2D eigenvalue weighted by atomic mass is 19.4. The molecule has 1 heterocycles. The van der Waals surface area contributed by atoms with Crippen LogP contribution in [0.1, 0.15) is 20.8 Å². The molecule has 94 valence electrons. The molecule has 1 saturated heterocycles. The Kier molecular flexibility index (Phi) is 3.24. The van der Waals surface area contributed by atoms with Gasteiger partial charge in [-0.25, -0.2) is 4.79 Å². The van der Waals surface area contributed by atoms with Crippen LogP contribution in [0.4, 0.5) is 13.2 Å². The molecule has 0 aromatic carbocycles. The van der Waals surface area contributed by atoms with Crippen LogP contribution >= 0.6 is 0 Å². The molecule has 16 heavy (non-hydrogen) atoms. The Bertz CT molecular complexity index is 284. The van der Waals surface area contributed by atoms with E-state index in [0.717, 1.165) is 11.8 Å². The summed E-state index contributed by atoms with van der Waals surface area (Å²) in [5.74, 6) is -1.40. The minimum absolute atomic E-state index is 0.154. The molecule has 1 rings (SSSR count). The first kappa shape index (κ1) is 13.3. The van der Waals surface area contributed by atoms with Crippen LogP contribution < -0.4 is 0 Å². The monoisotopic (exact) mass is 239 g/mol. The summed E-state index contributed by atoms with van der Waals surface area (Å²) in [5, 5.41) is 8.77. The second-order valence-corrected chi connectivity index (χ2v) is 4.78. The number of hydrogen-bond donors (Lipinski definition) is 1. The molecule has 0 saturated carbocycles. The summed E-state index contributed by atoms with van der Waals surface area (Å²) in [5.41, 5.74) is -2.75. The lowest BCUT2D eigenvalue weighted by molar-refractivity contribution is -0.247. The molecule has 1 unspecified atom stereocenters. The highest BCUT2D eigenvalue weighted by Gasteiger charge is 2.63. The molecular formula is C10H16F3NO2. The second kappa shape index (κ2) is 3.91. The van der Waals surface area contributed by atoms with Crippen molar-refractivity contribution in [3.63, 3.8) is 0 Å². The molecule has 1 aliphatic rings. The molecule has 0 bridgehead atoms. The predicted octanol–water partition coefficient (Wildman–Crippen LogP) is 1.98. The van der Waals surface area contributed by atoms with E-state index in [-0.39, 0.29) is 24.9 Å². The van der Waals surface area contributed by atoms with Crippen LogP contribution in [0.15, 0.2) is 0 Å². The number of rotatable bonds is 3. The maximum atomic E-state index is 12.7. The number of carboxylic acids is 1. The van der Waals surface area contributed by atoms with Crippen LogP contribution in [0.3, 0.4) is 0 Å². The fraction of sp³-hybridized carbons (Fsp3) is 0.900. The summed E-state index contributed by atoms with van der Waals surface area (Å²) in [6, 6.07) is 0. The maximum absolute atomic E-state index is 12.7. The summed E-state index contributed by atoms with van der Waals surface area (Å²) in [7, 11) is 0. The number of carboxylic acid groups (broad SMARTS) is 1. The lowest BCUT2D eigenvalue weighted by atomic mass is 9.83. The Morgan fingerprint density at radius 1 is 1.38 bits per heavy atom. The van der Waals surface area contributed by atoms with Crippen molar-refractivity contribution in [2.24, 2.45) is 11.8 Å². The van der Waals surface area contributed by atoms with E-state index >= 15 is 0 Å². The molecule has 0 aromatic heterocycles. The molecule has 1 aliphatic heterocycles. The van der Waals surface area contributed by atoms with E-state index in [2.05, 4.69) is 0 Å². The van der Waals surface area contributed by atoms with E-state index in [0.29, 0.717) is 0 Å². The van der Waals surface area contributed by atoms with Crippen molar-refractivity contribution in [2.45, 2.75) is 32.5 Å². The van der Waals surface area contributed by atoms with Crippen molar-refractivity contribution >= 4 is 5.97 Å². The molecule has 1 N–H and O–H groups in total. The fourth-order valence-electron chi connectivity index (χ4n) is 1.74. The maximum Gasteiger partial charge on any atom is 0.417 e. The minimum Gasteiger partial charge on any atom is -0.480 e. The van der Waals surface area contributed by atoms with E-state index in [4.69, 9.17) is 5.11 Å². The molecular weight excluding hydrogens is 223 g/mol. The van der Waals surface area contributed by atoms with Gasteiger partial charge in [0.25, 0.3) is 0 Å². The second-order valence-electron chi connectivity index (χ2n) is 4.78. The van der Waals surface area contributed by atoms with Gasteiger partial charge in [-0.1, -0.05) is 13.8 Å². The van der Waals surface area contributed by atoms with E-state index in [1.54, 1.807) is 0 Å². The van der Waals surface area contributed by atoms with Crippen molar-refractivity contribution in [1.82, 2.24) is 4.90 Å². The highest BCUT2D eigenvalue weighted by molar-refractivity contribution is 5.79. The van der Waals surface area contributed by atoms with Gasteiger partial charge in [-0.15, -0.1) is 0 Å². The Labute approximate surface area is 92.2 Å². The summed E-state index contributed by atoms with van der Waals surface area (Å²) >= 11 is 0. The third-order valence-corrected chi connectivity index (χ3v) is 3.45. The fourth-order valence-corrected chi connectivity index (χ4v) is 1.74. The predicted molar refractivity (Wildman–Crippen MR) is 52.0 cm³/mol. The third kappa shape index (κ3) is 1.90. The number of aliphatic carboxylic acids is 1. The first-order chi connectivity index (χ1) is 7.10. The topological polar surface area (TPSA) is 40.5 Å². The van der Waals surface area contributed by atoms with Crippen LogP contribution in [0.25, 0.3) is 0 Å². The van der Waals surface area contributed by atoms with Gasteiger partial charge in [0.05, 0.1) is 0 Å². The Hall–Kier alpha value is -0.780. The molecule has 1 fully saturated rings. The molecule has 6 heteroatoms. The quantitative estimate of drug-likeness (QED) is 0.818. The van der Waals surface area contributed by atoms with Gasteiger partial charge in [-0.3, -0.25) is 4.90 Å². The van der Waals surface area contributed by atoms with Gasteiger partial charge in [-0.05, 0) is 18.8 Å². The summed E-state index contributed by atoms with van der Waals surface area (Å²) in [6.07, 6.45) is -4.75. The molecule has 3 nitrogen and oxygen atoms in total. The lowest BCUT2D eigenvalue weighted by Crippen LogP contribution is -2.69. The van der Waals surface area contributed by atoms with Crippen molar-refractivity contribution < 1.29 is 23.1 Å². The molecule has 0 aromatic rings. The summed E-state index contributed by atoms with van der Waals surface area (Å²) in [4.78, 5) is 11.8. The van der Waals surface area contributed by atoms with E-state index in [1.165, 1.54) is 0 Å². The third-order valence-electron chi connectivity index (χ3n) is 3.45. The van der Waals surface area contributed by atoms with Crippen LogP contribution in [0, 0.1) is 11.8 Å². The number of alkyl halides is 3. The number of hydrogen-bond acceptors (Lipinski definition) is 2.